The van der Waals surface area contributed by atoms with Crippen molar-refractivity contribution in [3.63, 3.8) is 0 Å². The third kappa shape index (κ3) is 14.4. The molecule has 0 heterocycles. The minimum Gasteiger partial charge on any atom is -0.439 e. The Kier molecular flexibility index (Phi) is 17.0. The molecule has 186 valence electrons. The first kappa shape index (κ1) is 35.8. The normalized spacial score (nSPS) is 11.2. The van der Waals surface area contributed by atoms with Crippen molar-refractivity contribution in [3.05, 3.63) is 54.6 Å². The fourth-order valence-corrected chi connectivity index (χ4v) is 11.4. The fourth-order valence-electron chi connectivity index (χ4n) is 4.68. The first-order valence-electron chi connectivity index (χ1n) is 9.96. The number of para-hydroxylation sites is 1. The number of hydrogen-bond acceptors (Lipinski definition) is 4. The zero-order valence-corrected chi connectivity index (χ0v) is 23.6. The average molecular weight is 575 g/mol. The van der Waals surface area contributed by atoms with Crippen LogP contribution in [-0.2, 0) is 39.8 Å². The summed E-state index contributed by atoms with van der Waals surface area (Å²) in [5, 5.41) is 1.46. The third-order valence-electron chi connectivity index (χ3n) is 4.21. The van der Waals surface area contributed by atoms with Gasteiger partial charge in [0.1, 0.15) is 0 Å². The summed E-state index contributed by atoms with van der Waals surface area (Å²) in [6.45, 7) is 21.6. The molecule has 0 fully saturated rings. The SMILES string of the molecule is C.CC(C)(C)[PH+](C(C)(C)C)C(C)(C)C.Nc1ccccc1-c1[c-]cccc1.O=[S-](=O)O.[Pd+2]. The van der Waals surface area contributed by atoms with Crippen LogP contribution in [0, 0.1) is 6.07 Å². The number of nitrogen functional groups attached to an aromatic ring is 1. The van der Waals surface area contributed by atoms with E-state index in [2.05, 4.69) is 68.4 Å². The molecule has 0 unspecified atom stereocenters. The second-order valence-corrected chi connectivity index (χ2v) is 15.9. The van der Waals surface area contributed by atoms with E-state index < -0.39 is 18.9 Å². The van der Waals surface area contributed by atoms with Gasteiger partial charge in [-0.3, -0.25) is 0 Å². The van der Waals surface area contributed by atoms with Crippen molar-refractivity contribution in [1.29, 1.82) is 0 Å². The molecule has 0 aliphatic rings. The fraction of sp³-hybridized carbons (Fsp3) is 0.520. The number of benzene rings is 2. The second-order valence-electron chi connectivity index (χ2n) is 10.2. The molecule has 3 N–H and O–H groups in total. The van der Waals surface area contributed by atoms with Crippen LogP contribution in [0.25, 0.3) is 11.1 Å². The Morgan fingerprint density at radius 1 is 0.812 bits per heavy atom. The molecule has 0 aromatic heterocycles. The topological polar surface area (TPSA) is 80.4 Å². The van der Waals surface area contributed by atoms with Crippen molar-refractivity contribution in [3.8, 4) is 11.1 Å². The van der Waals surface area contributed by atoms with Crippen LogP contribution in [0.3, 0.4) is 0 Å². The zero-order chi connectivity index (χ0) is 23.8. The van der Waals surface area contributed by atoms with Crippen molar-refractivity contribution in [2.24, 2.45) is 0 Å². The smallest absolute Gasteiger partial charge is 0.439 e. The Bertz CT molecular complexity index is 795. The van der Waals surface area contributed by atoms with Gasteiger partial charge < -0.3 is 18.7 Å². The zero-order valence-electron chi connectivity index (χ0n) is 20.2. The van der Waals surface area contributed by atoms with Crippen LogP contribution < -0.4 is 5.73 Å². The minimum atomic E-state index is -2.86. The van der Waals surface area contributed by atoms with Crippen LogP contribution >= 0.6 is 7.92 Å². The van der Waals surface area contributed by atoms with Crippen molar-refractivity contribution in [2.75, 3.05) is 5.73 Å². The summed E-state index contributed by atoms with van der Waals surface area (Å²) in [5.41, 5.74) is 8.72. The predicted octanol–water partition coefficient (Wildman–Crippen LogP) is 7.73. The van der Waals surface area contributed by atoms with E-state index in [1.54, 1.807) is 0 Å². The number of rotatable bonds is 1. The van der Waals surface area contributed by atoms with Gasteiger partial charge in [-0.2, -0.15) is 0 Å². The molecule has 0 saturated heterocycles. The van der Waals surface area contributed by atoms with Gasteiger partial charge in [-0.15, -0.1) is 35.9 Å². The summed E-state index contributed by atoms with van der Waals surface area (Å²) in [5.74, 6) is 0. The van der Waals surface area contributed by atoms with Crippen LogP contribution in [0.1, 0.15) is 69.7 Å². The van der Waals surface area contributed by atoms with Gasteiger partial charge in [0, 0.05) is 18.9 Å². The van der Waals surface area contributed by atoms with E-state index in [1.165, 1.54) is 0 Å². The molecular weight excluding hydrogens is 532 g/mol. The summed E-state index contributed by atoms with van der Waals surface area (Å²) in [7, 11) is -3.25. The molecule has 2 rings (SSSR count). The predicted molar refractivity (Wildman–Crippen MR) is 141 cm³/mol. The van der Waals surface area contributed by atoms with Crippen LogP contribution in [0.15, 0.2) is 48.5 Å². The van der Waals surface area contributed by atoms with Crippen LogP contribution in [0.2, 0.25) is 0 Å². The van der Waals surface area contributed by atoms with E-state index in [0.717, 1.165) is 16.8 Å². The monoisotopic (exact) mass is 574 g/mol. The molecule has 0 radical (unpaired) electrons. The van der Waals surface area contributed by atoms with Crippen LogP contribution in [0.5, 0.6) is 0 Å². The molecule has 0 aliphatic heterocycles. The standard InChI is InChI=1S/C12H10N.C12H27P.CH4.HO3S.Pd/c13-12-9-5-4-8-11(12)10-6-2-1-3-7-10;1-10(2,3)13(11(4,5)6)12(7,8)9;;1-4(2)3;/h1-6,8-9H,13H2;1-9H3;1H4;(H,1,2,3);/q-1;;;-1;+2/p+1. The Hall–Kier alpha value is -0.758. The molecule has 0 spiro atoms. The third-order valence-corrected chi connectivity index (χ3v) is 8.71. The molecule has 0 saturated carbocycles. The van der Waals surface area contributed by atoms with E-state index in [0.29, 0.717) is 15.5 Å². The maximum absolute atomic E-state index is 8.56. The largest absolute Gasteiger partial charge is 2.00 e. The Labute approximate surface area is 214 Å². The summed E-state index contributed by atoms with van der Waals surface area (Å²) >= 11 is 0. The van der Waals surface area contributed by atoms with E-state index in [1.807, 2.05) is 48.5 Å². The summed E-state index contributed by atoms with van der Waals surface area (Å²) in [4.78, 5) is 0. The van der Waals surface area contributed by atoms with Gasteiger partial charge in [0.15, 0.2) is 0 Å². The summed E-state index contributed by atoms with van der Waals surface area (Å²) in [6.07, 6.45) is 0. The van der Waals surface area contributed by atoms with E-state index in [9.17, 15) is 0 Å². The van der Waals surface area contributed by atoms with Gasteiger partial charge in [-0.1, -0.05) is 31.2 Å². The van der Waals surface area contributed by atoms with E-state index in [4.69, 9.17) is 18.7 Å². The van der Waals surface area contributed by atoms with Gasteiger partial charge in [0.25, 0.3) is 0 Å². The maximum Gasteiger partial charge on any atom is 2.00 e. The molecule has 0 amide bonds. The van der Waals surface area contributed by atoms with Crippen molar-refractivity contribution in [2.45, 2.75) is 85.2 Å². The molecule has 0 atom stereocenters. The number of nitrogens with two attached hydrogens (primary N) is 1. The molecule has 7 heteroatoms. The van der Waals surface area contributed by atoms with Gasteiger partial charge in [0.2, 0.25) is 0 Å². The van der Waals surface area contributed by atoms with Gasteiger partial charge in [-0.05, 0) is 74.1 Å². The number of anilines is 1. The second kappa shape index (κ2) is 15.2. The van der Waals surface area contributed by atoms with Crippen molar-refractivity contribution < 1.29 is 33.4 Å². The van der Waals surface area contributed by atoms with Crippen LogP contribution in [-0.4, -0.2) is 20.0 Å². The molecule has 0 aliphatic carbocycles. The van der Waals surface area contributed by atoms with Gasteiger partial charge in [-0.25, -0.2) is 0 Å². The molecule has 4 nitrogen and oxygen atoms in total. The minimum absolute atomic E-state index is 0. The Morgan fingerprint density at radius 2 is 1.19 bits per heavy atom. The molecule has 2 aromatic rings. The van der Waals surface area contributed by atoms with E-state index in [-0.39, 0.29) is 27.8 Å². The van der Waals surface area contributed by atoms with Crippen molar-refractivity contribution in [1.82, 2.24) is 0 Å². The Morgan fingerprint density at radius 3 is 1.47 bits per heavy atom. The quantitative estimate of drug-likeness (QED) is 0.0694. The van der Waals surface area contributed by atoms with Crippen LogP contribution in [0.4, 0.5) is 5.69 Å². The van der Waals surface area contributed by atoms with Crippen molar-refractivity contribution >= 4 is 24.6 Å². The summed E-state index contributed by atoms with van der Waals surface area (Å²) in [6, 6.07) is 18.8. The molecule has 2 aromatic carbocycles. The maximum atomic E-state index is 8.56. The van der Waals surface area contributed by atoms with E-state index >= 15 is 0 Å². The number of hydrogen-bond donors (Lipinski definition) is 2. The first-order valence-corrected chi connectivity index (χ1v) is 12.5. The molecule has 32 heavy (non-hydrogen) atoms. The first-order chi connectivity index (χ1) is 13.5. The molecular formula is C25H43NO3PPdS+. The van der Waals surface area contributed by atoms with Gasteiger partial charge >= 0.3 is 20.4 Å². The van der Waals surface area contributed by atoms with Gasteiger partial charge in [0.05, 0.1) is 15.5 Å². The average Bonchev–Trinajstić information content (AvgIpc) is 2.51. The summed E-state index contributed by atoms with van der Waals surface area (Å²) < 4.78 is 24.1. The molecule has 0 bridgehead atoms. The Balaban J connectivity index is -0.000000428.